The monoisotopic (exact) mass is 284 g/mol. The molecule has 3 rings (SSSR count). The van der Waals surface area contributed by atoms with E-state index < -0.39 is 0 Å². The number of amides is 1. The first-order valence-corrected chi connectivity index (χ1v) is 7.48. The fourth-order valence-corrected chi connectivity index (χ4v) is 3.05. The van der Waals surface area contributed by atoms with Crippen LogP contribution in [-0.4, -0.2) is 40.1 Å². The number of aliphatic hydroxyl groups excluding tert-OH is 1. The van der Waals surface area contributed by atoms with Gasteiger partial charge in [-0.1, -0.05) is 12.1 Å². The van der Waals surface area contributed by atoms with Crippen LogP contribution < -0.4 is 0 Å². The molecule has 1 fully saturated rings. The molecule has 4 heteroatoms. The maximum absolute atomic E-state index is 12.8. The van der Waals surface area contributed by atoms with Crippen LogP contribution in [0, 0.1) is 5.92 Å². The Hall–Kier alpha value is -1.94. The lowest BCUT2D eigenvalue weighted by atomic mass is 9.93. The largest absolute Gasteiger partial charge is 0.393 e. The molecule has 0 spiro atoms. The average molecular weight is 284 g/mol. The third-order valence-electron chi connectivity index (χ3n) is 4.30. The van der Waals surface area contributed by atoms with Gasteiger partial charge in [0.25, 0.3) is 5.91 Å². The number of carbonyl (C=O) groups excluding carboxylic acids is 1. The average Bonchev–Trinajstić information content (AvgIpc) is 2.53. The van der Waals surface area contributed by atoms with Crippen LogP contribution in [0.4, 0.5) is 0 Å². The predicted octanol–water partition coefficient (Wildman–Crippen LogP) is 2.47. The molecule has 2 aromatic rings. The van der Waals surface area contributed by atoms with Crippen molar-refractivity contribution in [2.75, 3.05) is 13.1 Å². The molecule has 1 amide bonds. The molecule has 2 atom stereocenters. The molecule has 1 aromatic heterocycles. The van der Waals surface area contributed by atoms with Crippen molar-refractivity contribution in [1.82, 2.24) is 9.88 Å². The van der Waals surface area contributed by atoms with Gasteiger partial charge < -0.3 is 10.0 Å². The van der Waals surface area contributed by atoms with Gasteiger partial charge in [-0.15, -0.1) is 0 Å². The second kappa shape index (κ2) is 5.82. The summed E-state index contributed by atoms with van der Waals surface area (Å²) in [5.74, 6) is 0.217. The van der Waals surface area contributed by atoms with Crippen LogP contribution in [0.15, 0.2) is 36.5 Å². The van der Waals surface area contributed by atoms with E-state index in [1.807, 2.05) is 35.2 Å². The number of hydrogen-bond acceptors (Lipinski definition) is 3. The third kappa shape index (κ3) is 2.76. The van der Waals surface area contributed by atoms with E-state index in [-0.39, 0.29) is 17.9 Å². The molecule has 1 N–H and O–H groups in total. The summed E-state index contributed by atoms with van der Waals surface area (Å²) in [6, 6.07) is 9.44. The van der Waals surface area contributed by atoms with Crippen molar-refractivity contribution < 1.29 is 9.90 Å². The quantitative estimate of drug-likeness (QED) is 0.921. The zero-order chi connectivity index (χ0) is 14.8. The molecule has 1 aromatic carbocycles. The van der Waals surface area contributed by atoms with Crippen LogP contribution in [0.1, 0.15) is 30.1 Å². The summed E-state index contributed by atoms with van der Waals surface area (Å²) in [5.41, 5.74) is 1.54. The minimum Gasteiger partial charge on any atom is -0.393 e. The van der Waals surface area contributed by atoms with E-state index in [1.54, 1.807) is 13.1 Å². The second-order valence-corrected chi connectivity index (χ2v) is 5.77. The molecule has 0 radical (unpaired) electrons. The normalized spacial score (nSPS) is 20.5. The van der Waals surface area contributed by atoms with Crippen molar-refractivity contribution in [2.45, 2.75) is 25.9 Å². The Morgan fingerprint density at radius 3 is 3.05 bits per heavy atom. The Labute approximate surface area is 124 Å². The molecular weight excluding hydrogens is 264 g/mol. The standard InChI is InChI=1S/C17H20N2O2/c1-12(20)13-5-4-10-19(11-13)17(21)15-6-2-8-16-14(15)7-3-9-18-16/h2-3,6-9,12-13,20H,4-5,10-11H2,1H3. The number of aromatic nitrogens is 1. The molecule has 1 aliphatic rings. The van der Waals surface area contributed by atoms with E-state index in [0.29, 0.717) is 12.1 Å². The van der Waals surface area contributed by atoms with Crippen LogP contribution in [0.5, 0.6) is 0 Å². The number of nitrogens with zero attached hydrogens (tertiary/aromatic N) is 2. The van der Waals surface area contributed by atoms with Gasteiger partial charge in [-0.3, -0.25) is 9.78 Å². The molecule has 0 saturated carbocycles. The highest BCUT2D eigenvalue weighted by Crippen LogP contribution is 2.24. The van der Waals surface area contributed by atoms with E-state index >= 15 is 0 Å². The first kappa shape index (κ1) is 14.0. The van der Waals surface area contributed by atoms with E-state index in [0.717, 1.165) is 30.3 Å². The molecule has 0 aliphatic carbocycles. The lowest BCUT2D eigenvalue weighted by Gasteiger charge is -2.34. The van der Waals surface area contributed by atoms with Gasteiger partial charge in [-0.25, -0.2) is 0 Å². The molecule has 1 saturated heterocycles. The summed E-state index contributed by atoms with van der Waals surface area (Å²) >= 11 is 0. The molecule has 21 heavy (non-hydrogen) atoms. The van der Waals surface area contributed by atoms with Crippen molar-refractivity contribution >= 4 is 16.8 Å². The molecule has 4 nitrogen and oxygen atoms in total. The molecule has 0 bridgehead atoms. The fraction of sp³-hybridized carbons (Fsp3) is 0.412. The Morgan fingerprint density at radius 2 is 2.24 bits per heavy atom. The van der Waals surface area contributed by atoms with Crippen molar-refractivity contribution in [3.05, 3.63) is 42.1 Å². The van der Waals surface area contributed by atoms with Gasteiger partial charge in [0.1, 0.15) is 0 Å². The number of carbonyl (C=O) groups is 1. The van der Waals surface area contributed by atoms with E-state index in [1.165, 1.54) is 0 Å². The second-order valence-electron chi connectivity index (χ2n) is 5.77. The molecule has 2 unspecified atom stereocenters. The van der Waals surface area contributed by atoms with E-state index in [4.69, 9.17) is 0 Å². The van der Waals surface area contributed by atoms with Gasteiger partial charge >= 0.3 is 0 Å². The van der Waals surface area contributed by atoms with Gasteiger partial charge in [0.2, 0.25) is 0 Å². The van der Waals surface area contributed by atoms with E-state index in [9.17, 15) is 9.90 Å². The number of piperidine rings is 1. The number of fused-ring (bicyclic) bond motifs is 1. The highest BCUT2D eigenvalue weighted by atomic mass is 16.3. The molecule has 2 heterocycles. The van der Waals surface area contributed by atoms with Gasteiger partial charge in [0, 0.05) is 36.2 Å². The lowest BCUT2D eigenvalue weighted by molar-refractivity contribution is 0.0467. The number of benzene rings is 1. The van der Waals surface area contributed by atoms with Crippen molar-refractivity contribution in [3.63, 3.8) is 0 Å². The van der Waals surface area contributed by atoms with Crippen molar-refractivity contribution in [2.24, 2.45) is 5.92 Å². The molecular formula is C17H20N2O2. The number of pyridine rings is 1. The van der Waals surface area contributed by atoms with Crippen molar-refractivity contribution in [1.29, 1.82) is 0 Å². The van der Waals surface area contributed by atoms with Gasteiger partial charge in [0.15, 0.2) is 0 Å². The first-order chi connectivity index (χ1) is 10.2. The van der Waals surface area contributed by atoms with Gasteiger partial charge in [-0.05, 0) is 38.0 Å². The highest BCUT2D eigenvalue weighted by molar-refractivity contribution is 6.06. The maximum atomic E-state index is 12.8. The minimum absolute atomic E-state index is 0.0407. The maximum Gasteiger partial charge on any atom is 0.254 e. The van der Waals surface area contributed by atoms with Crippen LogP contribution in [0.2, 0.25) is 0 Å². The van der Waals surface area contributed by atoms with Crippen LogP contribution in [-0.2, 0) is 0 Å². The summed E-state index contributed by atoms with van der Waals surface area (Å²) < 4.78 is 0. The number of rotatable bonds is 2. The Balaban J connectivity index is 1.90. The van der Waals surface area contributed by atoms with Gasteiger partial charge in [0.05, 0.1) is 11.6 Å². The van der Waals surface area contributed by atoms with Gasteiger partial charge in [-0.2, -0.15) is 0 Å². The summed E-state index contributed by atoms with van der Waals surface area (Å²) in [6.45, 7) is 3.20. The zero-order valence-electron chi connectivity index (χ0n) is 12.2. The smallest absolute Gasteiger partial charge is 0.254 e. The third-order valence-corrected chi connectivity index (χ3v) is 4.30. The zero-order valence-corrected chi connectivity index (χ0v) is 12.2. The summed E-state index contributed by atoms with van der Waals surface area (Å²) in [5, 5.41) is 10.7. The van der Waals surface area contributed by atoms with Crippen LogP contribution in [0.25, 0.3) is 10.9 Å². The first-order valence-electron chi connectivity index (χ1n) is 7.48. The molecule has 1 aliphatic heterocycles. The Morgan fingerprint density at radius 1 is 1.38 bits per heavy atom. The van der Waals surface area contributed by atoms with E-state index in [2.05, 4.69) is 4.98 Å². The Kier molecular flexibility index (Phi) is 3.88. The topological polar surface area (TPSA) is 53.4 Å². The van der Waals surface area contributed by atoms with Crippen molar-refractivity contribution in [3.8, 4) is 0 Å². The number of likely N-dealkylation sites (tertiary alicyclic amines) is 1. The number of aliphatic hydroxyl groups is 1. The summed E-state index contributed by atoms with van der Waals surface area (Å²) in [4.78, 5) is 19.0. The van der Waals surface area contributed by atoms with Crippen LogP contribution >= 0.6 is 0 Å². The predicted molar refractivity (Wildman–Crippen MR) is 82.1 cm³/mol. The minimum atomic E-state index is -0.366. The Bertz CT molecular complexity index is 649. The summed E-state index contributed by atoms with van der Waals surface area (Å²) in [7, 11) is 0. The SMILES string of the molecule is CC(O)C1CCCN(C(=O)c2cccc3ncccc23)C1. The summed E-state index contributed by atoms with van der Waals surface area (Å²) in [6.07, 6.45) is 3.30. The fourth-order valence-electron chi connectivity index (χ4n) is 3.05. The lowest BCUT2D eigenvalue weighted by Crippen LogP contribution is -2.43. The van der Waals surface area contributed by atoms with Crippen LogP contribution in [0.3, 0.4) is 0 Å². The highest BCUT2D eigenvalue weighted by Gasteiger charge is 2.27. The molecule has 110 valence electrons. The number of hydrogen-bond donors (Lipinski definition) is 1.